The van der Waals surface area contributed by atoms with Gasteiger partial charge in [0.1, 0.15) is 6.10 Å². The molecule has 0 amide bonds. The summed E-state index contributed by atoms with van der Waals surface area (Å²) in [5, 5.41) is 22.9. The topological polar surface area (TPSA) is 53.4 Å². The molecule has 0 spiro atoms. The highest BCUT2D eigenvalue weighted by Gasteiger charge is 2.19. The van der Waals surface area contributed by atoms with Gasteiger partial charge in [-0.2, -0.15) is 0 Å². The summed E-state index contributed by atoms with van der Waals surface area (Å²) in [7, 11) is 0. The molecular formula is C18H14BrCl2NO2. The summed E-state index contributed by atoms with van der Waals surface area (Å²) in [4.78, 5) is 4.50. The molecule has 124 valence electrons. The molecule has 24 heavy (non-hydrogen) atoms. The second kappa shape index (κ2) is 7.38. The summed E-state index contributed by atoms with van der Waals surface area (Å²) in [5.41, 5.74) is 2.26. The molecule has 1 aromatic heterocycles. The van der Waals surface area contributed by atoms with Crippen molar-refractivity contribution in [2.45, 2.75) is 12.2 Å². The highest BCUT2D eigenvalue weighted by molar-refractivity contribution is 9.09. The van der Waals surface area contributed by atoms with E-state index in [1.807, 2.05) is 30.3 Å². The average molecular weight is 427 g/mol. The molecule has 2 aromatic carbocycles. The van der Waals surface area contributed by atoms with E-state index in [-0.39, 0.29) is 0 Å². The Balaban J connectivity index is 2.23. The van der Waals surface area contributed by atoms with Gasteiger partial charge in [-0.25, -0.2) is 4.98 Å². The number of halogens is 3. The Hall–Kier alpha value is -1.17. The van der Waals surface area contributed by atoms with Crippen LogP contribution >= 0.6 is 39.1 Å². The molecule has 0 radical (unpaired) electrons. The van der Waals surface area contributed by atoms with Gasteiger partial charge in [0.15, 0.2) is 0 Å². The molecule has 0 aliphatic carbocycles. The van der Waals surface area contributed by atoms with Crippen LogP contribution in [-0.4, -0.2) is 20.5 Å². The maximum absolute atomic E-state index is 10.7. The fraction of sp³-hybridized carbons (Fsp3) is 0.167. The number of nitrogens with zero attached hydrogens (tertiary/aromatic N) is 1. The number of alkyl halides is 1. The average Bonchev–Trinajstić information content (AvgIpc) is 2.60. The van der Waals surface area contributed by atoms with Crippen LogP contribution in [0.2, 0.25) is 10.0 Å². The zero-order chi connectivity index (χ0) is 17.3. The number of aliphatic hydroxyl groups excluding tert-OH is 2. The number of aromatic nitrogens is 1. The summed E-state index contributed by atoms with van der Waals surface area (Å²) in [6.07, 6.45) is -1.68. The molecule has 2 N–H and O–H groups in total. The van der Waals surface area contributed by atoms with Gasteiger partial charge in [-0.05, 0) is 29.3 Å². The number of pyridine rings is 1. The fourth-order valence-electron chi connectivity index (χ4n) is 2.60. The van der Waals surface area contributed by atoms with E-state index in [2.05, 4.69) is 20.9 Å². The Morgan fingerprint density at radius 2 is 1.75 bits per heavy atom. The van der Waals surface area contributed by atoms with E-state index in [1.165, 1.54) is 0 Å². The second-order valence-corrected chi connectivity index (χ2v) is 6.89. The van der Waals surface area contributed by atoms with E-state index < -0.39 is 12.2 Å². The zero-order valence-corrected chi connectivity index (χ0v) is 15.6. The van der Waals surface area contributed by atoms with Crippen molar-refractivity contribution in [1.29, 1.82) is 0 Å². The molecule has 0 saturated heterocycles. The number of benzene rings is 2. The molecule has 0 saturated carbocycles. The summed E-state index contributed by atoms with van der Waals surface area (Å²) < 4.78 is 0. The molecule has 6 heteroatoms. The first-order valence-electron chi connectivity index (χ1n) is 7.28. The molecular weight excluding hydrogens is 413 g/mol. The van der Waals surface area contributed by atoms with Gasteiger partial charge < -0.3 is 10.2 Å². The minimum Gasteiger partial charge on any atom is -0.388 e. The third-order valence-electron chi connectivity index (χ3n) is 3.78. The van der Waals surface area contributed by atoms with Crippen LogP contribution in [0.4, 0.5) is 0 Å². The van der Waals surface area contributed by atoms with Gasteiger partial charge in [0.05, 0.1) is 22.3 Å². The Morgan fingerprint density at radius 3 is 2.42 bits per heavy atom. The van der Waals surface area contributed by atoms with Crippen molar-refractivity contribution >= 4 is 50.0 Å². The molecule has 3 nitrogen and oxygen atoms in total. The number of hydrogen-bond acceptors (Lipinski definition) is 3. The van der Waals surface area contributed by atoms with Gasteiger partial charge in [-0.3, -0.25) is 0 Å². The van der Waals surface area contributed by atoms with Crippen molar-refractivity contribution in [3.05, 3.63) is 75.4 Å². The molecule has 1 heterocycles. The van der Waals surface area contributed by atoms with Crippen LogP contribution in [0.15, 0.2) is 48.5 Å². The van der Waals surface area contributed by atoms with Crippen LogP contribution in [0.25, 0.3) is 10.9 Å². The lowest BCUT2D eigenvalue weighted by atomic mass is 9.99. The van der Waals surface area contributed by atoms with Gasteiger partial charge >= 0.3 is 0 Å². The normalized spacial score (nSPS) is 13.9. The number of aliphatic hydroxyl groups is 2. The molecule has 0 unspecified atom stereocenters. The van der Waals surface area contributed by atoms with Gasteiger partial charge in [0.25, 0.3) is 0 Å². The van der Waals surface area contributed by atoms with Crippen LogP contribution in [0.1, 0.15) is 29.0 Å². The van der Waals surface area contributed by atoms with E-state index >= 15 is 0 Å². The molecule has 3 rings (SSSR count). The first-order valence-corrected chi connectivity index (χ1v) is 9.15. The lowest BCUT2D eigenvalue weighted by molar-refractivity contribution is 0.203. The molecule has 0 aliphatic rings. The minimum atomic E-state index is -0.913. The third kappa shape index (κ3) is 3.44. The predicted molar refractivity (Wildman–Crippen MR) is 101 cm³/mol. The van der Waals surface area contributed by atoms with Crippen LogP contribution in [-0.2, 0) is 0 Å². The molecule has 2 atom stereocenters. The quantitative estimate of drug-likeness (QED) is 0.573. The van der Waals surface area contributed by atoms with Gasteiger partial charge in [0.2, 0.25) is 0 Å². The summed E-state index contributed by atoms with van der Waals surface area (Å²) in [6, 6.07) is 14.2. The van der Waals surface area contributed by atoms with Crippen molar-refractivity contribution in [3.8, 4) is 0 Å². The molecule has 0 fully saturated rings. The maximum atomic E-state index is 10.7. The van der Waals surface area contributed by atoms with Crippen LogP contribution in [0, 0.1) is 0 Å². The Bertz CT molecular complexity index is 874. The van der Waals surface area contributed by atoms with E-state index in [0.717, 1.165) is 0 Å². The van der Waals surface area contributed by atoms with E-state index in [9.17, 15) is 10.2 Å². The van der Waals surface area contributed by atoms with Crippen LogP contribution in [0.3, 0.4) is 0 Å². The second-order valence-electron chi connectivity index (χ2n) is 5.40. The van der Waals surface area contributed by atoms with Gasteiger partial charge in [-0.15, -0.1) is 0 Å². The maximum Gasteiger partial charge on any atom is 0.121 e. The van der Waals surface area contributed by atoms with E-state index in [1.54, 1.807) is 18.2 Å². The highest BCUT2D eigenvalue weighted by Crippen LogP contribution is 2.34. The summed E-state index contributed by atoms with van der Waals surface area (Å²) >= 11 is 15.7. The first kappa shape index (κ1) is 17.6. The highest BCUT2D eigenvalue weighted by atomic mass is 79.9. The number of rotatable bonds is 4. The smallest absolute Gasteiger partial charge is 0.121 e. The van der Waals surface area contributed by atoms with Crippen molar-refractivity contribution in [1.82, 2.24) is 4.98 Å². The van der Waals surface area contributed by atoms with E-state index in [4.69, 9.17) is 23.2 Å². The molecule has 0 bridgehead atoms. The van der Waals surface area contributed by atoms with Gasteiger partial charge in [0, 0.05) is 15.7 Å². The first-order chi connectivity index (χ1) is 11.5. The Kier molecular flexibility index (Phi) is 5.42. The molecule has 3 aromatic rings. The monoisotopic (exact) mass is 425 g/mol. The predicted octanol–water partition coefficient (Wildman–Crippen LogP) is 5.05. The lowest BCUT2D eigenvalue weighted by Crippen LogP contribution is -2.07. The van der Waals surface area contributed by atoms with Crippen molar-refractivity contribution in [3.63, 3.8) is 0 Å². The standard InChI is InChI=1S/C18H14BrCl2NO2/c19-9-16(23)12-8-15(18(24)10-4-2-1-3-5-10)22-17-13(12)6-11(20)7-14(17)21/h1-8,16,18,23-24H,9H2/t16-,18+/m1/s1. The van der Waals surface area contributed by atoms with Crippen molar-refractivity contribution in [2.24, 2.45) is 0 Å². The molecule has 0 aliphatic heterocycles. The van der Waals surface area contributed by atoms with Crippen molar-refractivity contribution < 1.29 is 10.2 Å². The lowest BCUT2D eigenvalue weighted by Gasteiger charge is -2.17. The zero-order valence-electron chi connectivity index (χ0n) is 12.5. The fourth-order valence-corrected chi connectivity index (χ4v) is 3.49. The largest absolute Gasteiger partial charge is 0.388 e. The SMILES string of the molecule is O[C@@H](c1ccccc1)c1cc([C@H](O)CBr)c2cc(Cl)cc(Cl)c2n1. The van der Waals surface area contributed by atoms with Gasteiger partial charge in [-0.1, -0.05) is 69.5 Å². The van der Waals surface area contributed by atoms with Crippen LogP contribution < -0.4 is 0 Å². The number of fused-ring (bicyclic) bond motifs is 1. The van der Waals surface area contributed by atoms with E-state index in [0.29, 0.717) is 43.1 Å². The number of hydrogen-bond donors (Lipinski definition) is 2. The third-order valence-corrected chi connectivity index (χ3v) is 4.90. The Labute approximate surface area is 158 Å². The Morgan fingerprint density at radius 1 is 1.04 bits per heavy atom. The summed E-state index contributed by atoms with van der Waals surface area (Å²) in [6.45, 7) is 0. The minimum absolute atomic E-state index is 0.344. The summed E-state index contributed by atoms with van der Waals surface area (Å²) in [5.74, 6) is 0. The van der Waals surface area contributed by atoms with Crippen LogP contribution in [0.5, 0.6) is 0 Å². The van der Waals surface area contributed by atoms with Crippen molar-refractivity contribution in [2.75, 3.05) is 5.33 Å².